The number of hydrogen-bond donors (Lipinski definition) is 0. The van der Waals surface area contributed by atoms with Crippen molar-refractivity contribution in [1.82, 2.24) is 0 Å². The Morgan fingerprint density at radius 3 is 1.82 bits per heavy atom. The van der Waals surface area contributed by atoms with Crippen molar-refractivity contribution < 1.29 is 17.4 Å². The second-order valence-electron chi connectivity index (χ2n) is 2.55. The second kappa shape index (κ2) is 3.33. The van der Waals surface area contributed by atoms with Crippen molar-refractivity contribution in [2.45, 2.75) is 12.8 Å². The fourth-order valence-corrected chi connectivity index (χ4v) is 4.19. The predicted octanol–water partition coefficient (Wildman–Crippen LogP) is 2.76. The molecule has 0 atom stereocenters. The molecule has 0 saturated carbocycles. The summed E-state index contributed by atoms with van der Waals surface area (Å²) < 4.78 is 3.39. The van der Waals surface area contributed by atoms with Gasteiger partial charge < -0.3 is 0 Å². The summed E-state index contributed by atoms with van der Waals surface area (Å²) in [4.78, 5) is 0. The van der Waals surface area contributed by atoms with Crippen molar-refractivity contribution in [1.29, 1.82) is 0 Å². The average molecular weight is 320 g/mol. The van der Waals surface area contributed by atoms with Crippen molar-refractivity contribution in [3.05, 3.63) is 44.7 Å². The summed E-state index contributed by atoms with van der Waals surface area (Å²) in [7, 11) is 0. The molecule has 2 rings (SSSR count). The molecule has 0 unspecified atom stereocenters. The summed E-state index contributed by atoms with van der Waals surface area (Å²) >= 11 is -0.0386. The van der Waals surface area contributed by atoms with Crippen LogP contribution in [0.5, 0.6) is 0 Å². The molecular weight excluding hydrogens is 310 g/mol. The van der Waals surface area contributed by atoms with Gasteiger partial charge in [0.25, 0.3) is 0 Å². The summed E-state index contributed by atoms with van der Waals surface area (Å²) in [5, 5.41) is 0. The van der Waals surface area contributed by atoms with Crippen LogP contribution in [0.2, 0.25) is 0 Å². The SMILES string of the molecule is C1=CC[C]([Os][C]2=CC=CC2)=C1. The Bertz CT molecular complexity index is 239. The molecule has 2 aliphatic rings. The zero-order valence-electron chi connectivity index (χ0n) is 6.23. The van der Waals surface area contributed by atoms with E-state index < -0.39 is 0 Å². The molecule has 0 aromatic rings. The Kier molecular flexibility index (Phi) is 2.20. The van der Waals surface area contributed by atoms with Crippen LogP contribution in [0, 0.1) is 0 Å². The van der Waals surface area contributed by atoms with Crippen LogP contribution < -0.4 is 0 Å². The minimum atomic E-state index is -0.0386. The van der Waals surface area contributed by atoms with E-state index in [2.05, 4.69) is 36.5 Å². The van der Waals surface area contributed by atoms with Crippen LogP contribution in [-0.4, -0.2) is 0 Å². The number of hydrogen-bond acceptors (Lipinski definition) is 0. The molecule has 0 fully saturated rings. The second-order valence-corrected chi connectivity index (χ2v) is 6.45. The quantitative estimate of drug-likeness (QED) is 0.734. The van der Waals surface area contributed by atoms with E-state index in [1.807, 2.05) is 0 Å². The van der Waals surface area contributed by atoms with E-state index in [4.69, 9.17) is 0 Å². The standard InChI is InChI=1S/2C5H5.Os/c2*1-2-4-5-3-1;/h2*1-3H,4H2;. The van der Waals surface area contributed by atoms with E-state index in [1.54, 1.807) is 8.25 Å². The van der Waals surface area contributed by atoms with Gasteiger partial charge in [0.1, 0.15) is 0 Å². The fourth-order valence-electron chi connectivity index (χ4n) is 1.11. The van der Waals surface area contributed by atoms with Gasteiger partial charge >= 0.3 is 75.0 Å². The third-order valence-electron chi connectivity index (χ3n) is 1.66. The van der Waals surface area contributed by atoms with Gasteiger partial charge in [-0.1, -0.05) is 0 Å². The summed E-state index contributed by atoms with van der Waals surface area (Å²) in [5.74, 6) is 0. The summed E-state index contributed by atoms with van der Waals surface area (Å²) in [6.45, 7) is 0. The predicted molar refractivity (Wildman–Crippen MR) is 43.7 cm³/mol. The molecule has 58 valence electrons. The van der Waals surface area contributed by atoms with E-state index in [0.29, 0.717) is 0 Å². The minimum absolute atomic E-state index is 0.0386. The molecule has 0 aromatic carbocycles. The maximum atomic E-state index is 2.30. The molecule has 0 saturated heterocycles. The van der Waals surface area contributed by atoms with E-state index >= 15 is 0 Å². The van der Waals surface area contributed by atoms with Gasteiger partial charge in [-0.3, -0.25) is 0 Å². The van der Waals surface area contributed by atoms with Crippen LogP contribution in [-0.2, 0) is 17.4 Å². The van der Waals surface area contributed by atoms with Gasteiger partial charge in [-0.25, -0.2) is 0 Å². The van der Waals surface area contributed by atoms with E-state index in [1.165, 1.54) is 12.8 Å². The molecule has 2 aliphatic carbocycles. The molecular formula is C10H10Os. The van der Waals surface area contributed by atoms with Gasteiger partial charge in [0.15, 0.2) is 0 Å². The monoisotopic (exact) mass is 322 g/mol. The van der Waals surface area contributed by atoms with Gasteiger partial charge in [-0.15, -0.1) is 0 Å². The summed E-state index contributed by atoms with van der Waals surface area (Å²) in [5.41, 5.74) is 0. The van der Waals surface area contributed by atoms with Crippen LogP contribution in [0.1, 0.15) is 12.8 Å². The molecule has 0 bridgehead atoms. The average Bonchev–Trinajstić information content (AvgIpc) is 2.60. The molecule has 0 heterocycles. The van der Waals surface area contributed by atoms with Crippen molar-refractivity contribution in [3.8, 4) is 0 Å². The first-order chi connectivity index (χ1) is 5.45. The molecule has 0 aromatic heterocycles. The molecule has 0 spiro atoms. The third-order valence-corrected chi connectivity index (χ3v) is 5.18. The van der Waals surface area contributed by atoms with Gasteiger partial charge in [-0.2, -0.15) is 0 Å². The maximum absolute atomic E-state index is 2.30. The van der Waals surface area contributed by atoms with Crippen molar-refractivity contribution in [2.75, 3.05) is 0 Å². The van der Waals surface area contributed by atoms with Crippen LogP contribution in [0.15, 0.2) is 44.7 Å². The molecule has 1 heteroatoms. The van der Waals surface area contributed by atoms with E-state index in [-0.39, 0.29) is 17.4 Å². The van der Waals surface area contributed by atoms with Gasteiger partial charge in [0.2, 0.25) is 0 Å². The van der Waals surface area contributed by atoms with E-state index in [9.17, 15) is 0 Å². The first kappa shape index (κ1) is 7.26. The van der Waals surface area contributed by atoms with Crippen molar-refractivity contribution in [3.63, 3.8) is 0 Å². The molecule has 0 radical (unpaired) electrons. The first-order valence-corrected chi connectivity index (χ1v) is 6.33. The normalized spacial score (nSPS) is 21.1. The molecule has 11 heavy (non-hydrogen) atoms. The summed E-state index contributed by atoms with van der Waals surface area (Å²) in [6, 6.07) is 0. The van der Waals surface area contributed by atoms with Crippen molar-refractivity contribution in [2.24, 2.45) is 0 Å². The number of rotatable bonds is 2. The van der Waals surface area contributed by atoms with Gasteiger partial charge in [0.05, 0.1) is 0 Å². The molecule has 0 amide bonds. The fraction of sp³-hybridized carbons (Fsp3) is 0.200. The Morgan fingerprint density at radius 1 is 0.909 bits per heavy atom. The Morgan fingerprint density at radius 2 is 1.45 bits per heavy atom. The Hall–Kier alpha value is -0.404. The molecule has 0 nitrogen and oxygen atoms in total. The zero-order chi connectivity index (χ0) is 7.52. The topological polar surface area (TPSA) is 0 Å². The third kappa shape index (κ3) is 1.79. The summed E-state index contributed by atoms with van der Waals surface area (Å²) in [6.07, 6.45) is 15.9. The van der Waals surface area contributed by atoms with Crippen LogP contribution in [0.25, 0.3) is 0 Å². The molecule has 0 aliphatic heterocycles. The first-order valence-electron chi connectivity index (χ1n) is 3.79. The van der Waals surface area contributed by atoms with Crippen molar-refractivity contribution >= 4 is 0 Å². The Balaban J connectivity index is 1.91. The van der Waals surface area contributed by atoms with Gasteiger partial charge in [0, 0.05) is 0 Å². The number of allylic oxidation sites excluding steroid dienone is 8. The van der Waals surface area contributed by atoms with Crippen LogP contribution >= 0.6 is 0 Å². The zero-order valence-corrected chi connectivity index (χ0v) is 8.77. The van der Waals surface area contributed by atoms with Crippen LogP contribution in [0.4, 0.5) is 0 Å². The molecule has 0 N–H and O–H groups in total. The van der Waals surface area contributed by atoms with Crippen LogP contribution in [0.3, 0.4) is 0 Å². The Labute approximate surface area is 75.2 Å². The van der Waals surface area contributed by atoms with E-state index in [0.717, 1.165) is 0 Å². The van der Waals surface area contributed by atoms with Gasteiger partial charge in [-0.05, 0) is 0 Å².